The summed E-state index contributed by atoms with van der Waals surface area (Å²) in [6.45, 7) is 2.16. The minimum absolute atomic E-state index is 0.0762. The van der Waals surface area contributed by atoms with Crippen molar-refractivity contribution in [1.82, 2.24) is 9.97 Å². The average molecular weight is 411 g/mol. The minimum Gasteiger partial charge on any atom is -0.486 e. The van der Waals surface area contributed by atoms with E-state index < -0.39 is 11.6 Å². The number of benzene rings is 2. The summed E-state index contributed by atoms with van der Waals surface area (Å²) >= 11 is 0. The zero-order valence-corrected chi connectivity index (χ0v) is 16.1. The van der Waals surface area contributed by atoms with E-state index in [1.807, 2.05) is 4.90 Å². The van der Waals surface area contributed by atoms with Crippen LogP contribution in [0.25, 0.3) is 10.9 Å². The molecule has 0 unspecified atom stereocenters. The van der Waals surface area contributed by atoms with Gasteiger partial charge in [-0.05, 0) is 37.1 Å². The van der Waals surface area contributed by atoms with Crippen molar-refractivity contribution in [2.45, 2.75) is 12.8 Å². The second-order valence-electron chi connectivity index (χ2n) is 7.46. The van der Waals surface area contributed by atoms with Gasteiger partial charge in [0, 0.05) is 36.0 Å². The lowest BCUT2D eigenvalue weighted by atomic mass is 9.88. The number of ether oxygens (including phenoxy) is 2. The van der Waals surface area contributed by atoms with Crippen LogP contribution in [0.4, 0.5) is 14.6 Å². The Morgan fingerprint density at radius 2 is 1.70 bits per heavy atom. The molecule has 1 saturated heterocycles. The molecule has 1 aromatic heterocycles. The van der Waals surface area contributed by atoms with Gasteiger partial charge < -0.3 is 14.4 Å². The first-order valence-corrected chi connectivity index (χ1v) is 9.89. The second kappa shape index (κ2) is 7.51. The molecule has 0 spiro atoms. The highest BCUT2D eigenvalue weighted by atomic mass is 19.2. The molecule has 0 N–H and O–H groups in total. The molecule has 0 amide bonds. The summed E-state index contributed by atoms with van der Waals surface area (Å²) in [5.41, 5.74) is 0.969. The number of aromatic nitrogens is 2. The number of nitrogens with zero attached hydrogens (tertiary/aromatic N) is 3. The predicted molar refractivity (Wildman–Crippen MR) is 106 cm³/mol. The van der Waals surface area contributed by atoms with Crippen LogP contribution in [0.3, 0.4) is 0 Å². The van der Waals surface area contributed by atoms with Crippen molar-refractivity contribution in [3.05, 3.63) is 53.9 Å². The van der Waals surface area contributed by atoms with Gasteiger partial charge in [-0.3, -0.25) is 4.79 Å². The Labute approximate surface area is 171 Å². The third-order valence-electron chi connectivity index (χ3n) is 5.65. The molecule has 3 aromatic rings. The third-order valence-corrected chi connectivity index (χ3v) is 5.65. The number of halogens is 2. The van der Waals surface area contributed by atoms with Crippen LogP contribution >= 0.6 is 0 Å². The molecule has 1 fully saturated rings. The quantitative estimate of drug-likeness (QED) is 0.612. The molecule has 30 heavy (non-hydrogen) atoms. The number of rotatable bonds is 3. The molecule has 0 radical (unpaired) electrons. The van der Waals surface area contributed by atoms with Gasteiger partial charge in [-0.1, -0.05) is 0 Å². The summed E-state index contributed by atoms with van der Waals surface area (Å²) < 4.78 is 38.4. The summed E-state index contributed by atoms with van der Waals surface area (Å²) in [4.78, 5) is 23.3. The lowest BCUT2D eigenvalue weighted by Crippen LogP contribution is -2.37. The molecule has 2 aromatic carbocycles. The standard InChI is InChI=1S/C22H19F2N3O3/c23-16-10-15-18(11-17(16)24)25-12-26-22(15)27-5-3-13(4-6-27)21(28)14-1-2-19-20(9-14)30-8-7-29-19/h1-2,9-13H,3-8H2. The van der Waals surface area contributed by atoms with Crippen LogP contribution in [0.2, 0.25) is 0 Å². The van der Waals surface area contributed by atoms with Crippen LogP contribution < -0.4 is 14.4 Å². The number of piperidine rings is 1. The second-order valence-corrected chi connectivity index (χ2v) is 7.46. The van der Waals surface area contributed by atoms with Gasteiger partial charge in [-0.25, -0.2) is 18.7 Å². The summed E-state index contributed by atoms with van der Waals surface area (Å²) in [5.74, 6) is -0.0845. The summed E-state index contributed by atoms with van der Waals surface area (Å²) in [6.07, 6.45) is 2.63. The van der Waals surface area contributed by atoms with E-state index in [1.165, 1.54) is 6.33 Å². The maximum absolute atomic E-state index is 13.8. The van der Waals surface area contributed by atoms with Gasteiger partial charge in [0.05, 0.1) is 5.52 Å². The third kappa shape index (κ3) is 3.32. The van der Waals surface area contributed by atoms with Crippen molar-refractivity contribution in [2.24, 2.45) is 5.92 Å². The number of carbonyl (C=O) groups excluding carboxylic acids is 1. The van der Waals surface area contributed by atoms with Gasteiger partial charge in [-0.2, -0.15) is 0 Å². The molecule has 154 valence electrons. The van der Waals surface area contributed by atoms with E-state index in [-0.39, 0.29) is 11.7 Å². The van der Waals surface area contributed by atoms with E-state index in [1.54, 1.807) is 18.2 Å². The van der Waals surface area contributed by atoms with Crippen molar-refractivity contribution in [2.75, 3.05) is 31.2 Å². The topological polar surface area (TPSA) is 64.6 Å². The fourth-order valence-electron chi connectivity index (χ4n) is 4.08. The van der Waals surface area contributed by atoms with Crippen molar-refractivity contribution in [3.63, 3.8) is 0 Å². The molecule has 6 nitrogen and oxygen atoms in total. The molecular formula is C22H19F2N3O3. The van der Waals surface area contributed by atoms with Gasteiger partial charge in [0.25, 0.3) is 0 Å². The summed E-state index contributed by atoms with van der Waals surface area (Å²) in [7, 11) is 0. The zero-order chi connectivity index (χ0) is 20.7. The van der Waals surface area contributed by atoms with E-state index in [2.05, 4.69) is 9.97 Å². The number of anilines is 1. The normalized spacial score (nSPS) is 16.7. The first-order valence-electron chi connectivity index (χ1n) is 9.89. The Kier molecular flexibility index (Phi) is 4.69. The Hall–Kier alpha value is -3.29. The highest BCUT2D eigenvalue weighted by molar-refractivity contribution is 5.98. The Morgan fingerprint density at radius 3 is 2.50 bits per heavy atom. The van der Waals surface area contributed by atoms with Crippen molar-refractivity contribution in [1.29, 1.82) is 0 Å². The average Bonchev–Trinajstić information content (AvgIpc) is 2.79. The van der Waals surface area contributed by atoms with Crippen LogP contribution in [0.15, 0.2) is 36.7 Å². The number of hydrogen-bond acceptors (Lipinski definition) is 6. The van der Waals surface area contributed by atoms with Crippen molar-refractivity contribution < 1.29 is 23.0 Å². The van der Waals surface area contributed by atoms with Crippen LogP contribution in [0, 0.1) is 17.6 Å². The van der Waals surface area contributed by atoms with Crippen LogP contribution in [-0.4, -0.2) is 42.1 Å². The summed E-state index contributed by atoms with van der Waals surface area (Å²) in [5, 5.41) is 0.466. The van der Waals surface area contributed by atoms with Gasteiger partial charge in [0.1, 0.15) is 25.4 Å². The molecule has 8 heteroatoms. The van der Waals surface area contributed by atoms with Gasteiger partial charge in [0.15, 0.2) is 28.9 Å². The predicted octanol–water partition coefficient (Wildman–Crippen LogP) is 3.78. The first-order chi connectivity index (χ1) is 14.6. The largest absolute Gasteiger partial charge is 0.486 e. The van der Waals surface area contributed by atoms with Gasteiger partial charge in [0.2, 0.25) is 0 Å². The fraction of sp³-hybridized carbons (Fsp3) is 0.318. The molecule has 0 aliphatic carbocycles. The van der Waals surface area contributed by atoms with Gasteiger partial charge >= 0.3 is 0 Å². The van der Waals surface area contributed by atoms with Crippen LogP contribution in [0.5, 0.6) is 11.5 Å². The molecule has 0 bridgehead atoms. The highest BCUT2D eigenvalue weighted by Crippen LogP contribution is 2.34. The molecular weight excluding hydrogens is 392 g/mol. The lowest BCUT2D eigenvalue weighted by molar-refractivity contribution is 0.0899. The minimum atomic E-state index is -0.934. The first kappa shape index (κ1) is 18.7. The van der Waals surface area contributed by atoms with Crippen LogP contribution in [0.1, 0.15) is 23.2 Å². The number of hydrogen-bond donors (Lipinski definition) is 0. The summed E-state index contributed by atoms with van der Waals surface area (Å²) in [6, 6.07) is 7.51. The van der Waals surface area contributed by atoms with E-state index in [4.69, 9.17) is 9.47 Å². The van der Waals surface area contributed by atoms with Crippen molar-refractivity contribution in [3.8, 4) is 11.5 Å². The molecule has 5 rings (SSSR count). The van der Waals surface area contributed by atoms with E-state index in [0.29, 0.717) is 72.9 Å². The van der Waals surface area contributed by atoms with E-state index in [0.717, 1.165) is 12.1 Å². The van der Waals surface area contributed by atoms with Gasteiger partial charge in [-0.15, -0.1) is 0 Å². The van der Waals surface area contributed by atoms with Crippen LogP contribution in [-0.2, 0) is 0 Å². The number of Topliss-reactive ketones (excluding diaryl/α,β-unsaturated/α-hetero) is 1. The zero-order valence-electron chi connectivity index (χ0n) is 16.1. The molecule has 0 saturated carbocycles. The molecule has 0 atom stereocenters. The molecule has 2 aliphatic rings. The van der Waals surface area contributed by atoms with Crippen molar-refractivity contribution >= 4 is 22.5 Å². The van der Waals surface area contributed by atoms with E-state index >= 15 is 0 Å². The highest BCUT2D eigenvalue weighted by Gasteiger charge is 2.28. The SMILES string of the molecule is O=C(c1ccc2c(c1)OCCO2)C1CCN(c2ncnc3cc(F)c(F)cc23)CC1. The lowest BCUT2D eigenvalue weighted by Gasteiger charge is -2.32. The maximum atomic E-state index is 13.8. The molecule has 3 heterocycles. The fourth-order valence-corrected chi connectivity index (χ4v) is 4.08. The Bertz CT molecular complexity index is 1130. The maximum Gasteiger partial charge on any atom is 0.166 e. The number of carbonyl (C=O) groups is 1. The monoisotopic (exact) mass is 411 g/mol. The number of ketones is 1. The number of fused-ring (bicyclic) bond motifs is 2. The Morgan fingerprint density at radius 1 is 0.967 bits per heavy atom. The Balaban J connectivity index is 1.33. The van der Waals surface area contributed by atoms with E-state index in [9.17, 15) is 13.6 Å². The molecule has 2 aliphatic heterocycles. The smallest absolute Gasteiger partial charge is 0.166 e.